The molecule has 4 nitrogen and oxygen atoms in total. The topological polar surface area (TPSA) is 55.2 Å². The second-order valence-electron chi connectivity index (χ2n) is 5.27. The highest BCUT2D eigenvalue weighted by Crippen LogP contribution is 2.40. The fraction of sp³-hybridized carbons (Fsp3) is 0.333. The maximum Gasteiger partial charge on any atom is 0.271 e. The van der Waals surface area contributed by atoms with E-state index in [0.717, 1.165) is 34.8 Å². The van der Waals surface area contributed by atoms with Gasteiger partial charge in [0.05, 0.1) is 15.3 Å². The van der Waals surface area contributed by atoms with E-state index in [1.54, 1.807) is 23.5 Å². The number of hydrogen-bond acceptors (Lipinski definition) is 4. The lowest BCUT2D eigenvalue weighted by Gasteiger charge is -2.25. The number of aryl methyl sites for hydroxylation is 2. The van der Waals surface area contributed by atoms with E-state index in [1.165, 1.54) is 16.5 Å². The molecule has 1 aliphatic carbocycles. The van der Waals surface area contributed by atoms with Crippen molar-refractivity contribution in [3.8, 4) is 0 Å². The van der Waals surface area contributed by atoms with Gasteiger partial charge in [-0.2, -0.15) is 0 Å². The largest absolute Gasteiger partial charge is 0.378 e. The summed E-state index contributed by atoms with van der Waals surface area (Å²) in [7, 11) is 0. The number of non-ortho nitro benzene ring substituents is 1. The number of anilines is 1. The van der Waals surface area contributed by atoms with Crippen LogP contribution in [0.3, 0.4) is 0 Å². The Balaban J connectivity index is 1.91. The Kier molecular flexibility index (Phi) is 3.87. The third-order valence-corrected chi connectivity index (χ3v) is 5.19. The number of thiophene rings is 1. The number of nitrogens with one attached hydrogen (secondary N) is 1. The first-order valence-corrected chi connectivity index (χ1v) is 8.03. The summed E-state index contributed by atoms with van der Waals surface area (Å²) >= 11 is 7.75. The summed E-state index contributed by atoms with van der Waals surface area (Å²) in [4.78, 5) is 11.9. The summed E-state index contributed by atoms with van der Waals surface area (Å²) in [5.74, 6) is 0. The highest BCUT2D eigenvalue weighted by atomic mass is 35.5. The Morgan fingerprint density at radius 1 is 1.43 bits per heavy atom. The lowest BCUT2D eigenvalue weighted by atomic mass is 9.93. The van der Waals surface area contributed by atoms with Crippen LogP contribution in [0.1, 0.15) is 34.9 Å². The van der Waals surface area contributed by atoms with Crippen molar-refractivity contribution in [2.75, 3.05) is 5.32 Å². The van der Waals surface area contributed by atoms with Crippen LogP contribution in [0.4, 0.5) is 11.4 Å². The second kappa shape index (κ2) is 5.66. The van der Waals surface area contributed by atoms with E-state index < -0.39 is 0 Å². The fourth-order valence-corrected chi connectivity index (χ4v) is 4.12. The van der Waals surface area contributed by atoms with Gasteiger partial charge in [0.1, 0.15) is 0 Å². The van der Waals surface area contributed by atoms with E-state index in [-0.39, 0.29) is 16.7 Å². The van der Waals surface area contributed by atoms with Crippen molar-refractivity contribution >= 4 is 34.3 Å². The molecule has 0 aliphatic heterocycles. The molecule has 1 aromatic heterocycles. The normalized spacial score (nSPS) is 17.3. The predicted octanol–water partition coefficient (Wildman–Crippen LogP) is 5.11. The minimum absolute atomic E-state index is 0.113. The summed E-state index contributed by atoms with van der Waals surface area (Å²) in [6, 6.07) is 7.13. The lowest BCUT2D eigenvalue weighted by Crippen LogP contribution is -2.16. The molecule has 1 unspecified atom stereocenters. The van der Waals surface area contributed by atoms with Crippen molar-refractivity contribution in [3.05, 3.63) is 54.7 Å². The van der Waals surface area contributed by atoms with Gasteiger partial charge in [-0.3, -0.25) is 10.1 Å². The van der Waals surface area contributed by atoms with Crippen LogP contribution in [0.5, 0.6) is 0 Å². The Morgan fingerprint density at radius 2 is 2.24 bits per heavy atom. The van der Waals surface area contributed by atoms with Crippen LogP contribution < -0.4 is 5.32 Å². The summed E-state index contributed by atoms with van der Waals surface area (Å²) in [6.45, 7) is 1.95. The molecule has 1 aromatic carbocycles. The van der Waals surface area contributed by atoms with Gasteiger partial charge < -0.3 is 5.32 Å². The maximum atomic E-state index is 10.9. The van der Waals surface area contributed by atoms with Gasteiger partial charge in [0.15, 0.2) is 0 Å². The molecule has 0 saturated carbocycles. The molecule has 0 saturated heterocycles. The molecular formula is C15H15ClN2O2S. The monoisotopic (exact) mass is 322 g/mol. The summed E-state index contributed by atoms with van der Waals surface area (Å²) in [5.41, 5.74) is 3.18. The smallest absolute Gasteiger partial charge is 0.271 e. The zero-order chi connectivity index (χ0) is 15.0. The van der Waals surface area contributed by atoms with Crippen molar-refractivity contribution in [2.24, 2.45) is 0 Å². The fourth-order valence-electron chi connectivity index (χ4n) is 2.74. The van der Waals surface area contributed by atoms with E-state index in [4.69, 9.17) is 11.6 Å². The van der Waals surface area contributed by atoms with Crippen LogP contribution >= 0.6 is 22.9 Å². The first-order chi connectivity index (χ1) is 10.0. The molecule has 1 N–H and O–H groups in total. The van der Waals surface area contributed by atoms with E-state index in [9.17, 15) is 10.1 Å². The van der Waals surface area contributed by atoms with E-state index >= 15 is 0 Å². The van der Waals surface area contributed by atoms with Crippen LogP contribution in [0, 0.1) is 17.0 Å². The molecule has 1 atom stereocenters. The van der Waals surface area contributed by atoms with Crippen LogP contribution in [-0.2, 0) is 6.42 Å². The molecule has 0 spiro atoms. The standard InChI is InChI=1S/C15H15ClN2O2S/c1-9-5-6-10(18(19)20)7-13(9)17-12-3-2-4-14-11(12)8-15(16)21-14/h5-8,12,17H,2-4H2,1H3. The molecule has 0 amide bonds. The predicted molar refractivity (Wildman–Crippen MR) is 86.5 cm³/mol. The first-order valence-electron chi connectivity index (χ1n) is 6.84. The first kappa shape index (κ1) is 14.4. The Labute approximate surface area is 131 Å². The van der Waals surface area contributed by atoms with Gasteiger partial charge >= 0.3 is 0 Å². The third kappa shape index (κ3) is 2.89. The van der Waals surface area contributed by atoms with Crippen molar-refractivity contribution in [3.63, 3.8) is 0 Å². The number of rotatable bonds is 3. The minimum Gasteiger partial charge on any atom is -0.378 e. The van der Waals surface area contributed by atoms with Gasteiger partial charge in [-0.15, -0.1) is 11.3 Å². The lowest BCUT2D eigenvalue weighted by molar-refractivity contribution is -0.384. The number of halogens is 1. The number of hydrogen-bond donors (Lipinski definition) is 1. The summed E-state index contributed by atoms with van der Waals surface area (Å²) in [5, 5.41) is 14.4. The minimum atomic E-state index is -0.363. The number of benzene rings is 1. The Bertz CT molecular complexity index is 699. The van der Waals surface area contributed by atoms with E-state index in [2.05, 4.69) is 5.32 Å². The molecule has 2 aromatic rings. The highest BCUT2D eigenvalue weighted by molar-refractivity contribution is 7.16. The average Bonchev–Trinajstić information content (AvgIpc) is 2.82. The zero-order valence-electron chi connectivity index (χ0n) is 11.6. The van der Waals surface area contributed by atoms with Crippen molar-refractivity contribution in [2.45, 2.75) is 32.2 Å². The van der Waals surface area contributed by atoms with Crippen molar-refractivity contribution in [1.29, 1.82) is 0 Å². The van der Waals surface area contributed by atoms with Crippen LogP contribution in [0.2, 0.25) is 4.34 Å². The quantitative estimate of drug-likeness (QED) is 0.631. The molecule has 6 heteroatoms. The number of nitro benzene ring substituents is 1. The molecule has 1 aliphatic rings. The molecule has 1 heterocycles. The molecule has 3 rings (SSSR count). The second-order valence-corrected chi connectivity index (χ2v) is 7.04. The molecule has 21 heavy (non-hydrogen) atoms. The molecule has 0 radical (unpaired) electrons. The Hall–Kier alpha value is -1.59. The van der Waals surface area contributed by atoms with Gasteiger partial charge in [0.25, 0.3) is 5.69 Å². The molecule has 0 bridgehead atoms. The van der Waals surface area contributed by atoms with Crippen LogP contribution in [0.25, 0.3) is 0 Å². The summed E-state index contributed by atoms with van der Waals surface area (Å²) in [6.07, 6.45) is 3.19. The maximum absolute atomic E-state index is 10.9. The molecule has 110 valence electrons. The third-order valence-electron chi connectivity index (χ3n) is 3.85. The van der Waals surface area contributed by atoms with Gasteiger partial charge in [-0.05, 0) is 43.4 Å². The number of fused-ring (bicyclic) bond motifs is 1. The van der Waals surface area contributed by atoms with Crippen molar-refractivity contribution < 1.29 is 4.92 Å². The van der Waals surface area contributed by atoms with Crippen LogP contribution in [-0.4, -0.2) is 4.92 Å². The molecular weight excluding hydrogens is 308 g/mol. The zero-order valence-corrected chi connectivity index (χ0v) is 13.1. The number of nitro groups is 1. The van der Waals surface area contributed by atoms with E-state index in [1.807, 2.05) is 13.0 Å². The van der Waals surface area contributed by atoms with Crippen LogP contribution in [0.15, 0.2) is 24.3 Å². The average molecular weight is 323 g/mol. The summed E-state index contributed by atoms with van der Waals surface area (Å²) < 4.78 is 0.810. The molecule has 0 fully saturated rings. The highest BCUT2D eigenvalue weighted by Gasteiger charge is 2.23. The Morgan fingerprint density at radius 3 is 3.00 bits per heavy atom. The van der Waals surface area contributed by atoms with E-state index in [0.29, 0.717) is 0 Å². The van der Waals surface area contributed by atoms with Gasteiger partial charge in [-0.1, -0.05) is 17.7 Å². The van der Waals surface area contributed by atoms with Crippen molar-refractivity contribution in [1.82, 2.24) is 0 Å². The number of nitrogens with zero attached hydrogens (tertiary/aromatic N) is 1. The van der Waals surface area contributed by atoms with Gasteiger partial charge in [0, 0.05) is 22.7 Å². The SMILES string of the molecule is Cc1ccc([N+](=O)[O-])cc1NC1CCCc2sc(Cl)cc21. The van der Waals surface area contributed by atoms with Gasteiger partial charge in [-0.25, -0.2) is 0 Å². The van der Waals surface area contributed by atoms with Gasteiger partial charge in [0.2, 0.25) is 0 Å².